The third-order valence-electron chi connectivity index (χ3n) is 3.70. The van der Waals surface area contributed by atoms with Gasteiger partial charge in [-0.3, -0.25) is 4.90 Å². The molecule has 1 aliphatic heterocycles. The summed E-state index contributed by atoms with van der Waals surface area (Å²) >= 11 is 3.55. The van der Waals surface area contributed by atoms with Crippen LogP contribution < -0.4 is 10.5 Å². The monoisotopic (exact) mass is 312 g/mol. The zero-order valence-electron chi connectivity index (χ0n) is 11.0. The maximum atomic E-state index is 6.33. The minimum Gasteiger partial charge on any atom is -0.496 e. The van der Waals surface area contributed by atoms with Crippen molar-refractivity contribution >= 4 is 15.9 Å². The van der Waals surface area contributed by atoms with Gasteiger partial charge < -0.3 is 10.5 Å². The van der Waals surface area contributed by atoms with Gasteiger partial charge in [-0.2, -0.15) is 0 Å². The van der Waals surface area contributed by atoms with Gasteiger partial charge in [0.2, 0.25) is 0 Å². The number of rotatable bonds is 2. The number of methoxy groups -OCH3 is 1. The van der Waals surface area contributed by atoms with Gasteiger partial charge in [0, 0.05) is 12.1 Å². The number of halogens is 1. The van der Waals surface area contributed by atoms with Crippen LogP contribution >= 0.6 is 15.9 Å². The molecule has 1 saturated heterocycles. The van der Waals surface area contributed by atoms with E-state index in [1.54, 1.807) is 7.11 Å². The largest absolute Gasteiger partial charge is 0.496 e. The van der Waals surface area contributed by atoms with Crippen molar-refractivity contribution in [2.45, 2.75) is 31.3 Å². The molecule has 3 nitrogen and oxygen atoms in total. The lowest BCUT2D eigenvalue weighted by molar-refractivity contribution is 0.230. The summed E-state index contributed by atoms with van der Waals surface area (Å²) in [6.45, 7) is 1.11. The zero-order chi connectivity index (χ0) is 13.1. The zero-order valence-corrected chi connectivity index (χ0v) is 12.6. The van der Waals surface area contributed by atoms with Gasteiger partial charge >= 0.3 is 0 Å². The fourth-order valence-corrected chi connectivity index (χ4v) is 3.29. The van der Waals surface area contributed by atoms with E-state index in [2.05, 4.69) is 40.0 Å². The SMILES string of the molecule is COc1ccc(C2C(N)CCCCN2C)cc1Br. The lowest BCUT2D eigenvalue weighted by Gasteiger charge is -2.30. The van der Waals surface area contributed by atoms with E-state index in [0.717, 1.165) is 23.2 Å². The Bertz CT molecular complexity index is 399. The molecule has 1 aromatic rings. The molecular formula is C14H21BrN2O. The van der Waals surface area contributed by atoms with Crippen LogP contribution in [0.4, 0.5) is 0 Å². The van der Waals surface area contributed by atoms with Crippen LogP contribution in [0.2, 0.25) is 0 Å². The molecule has 2 rings (SSSR count). The van der Waals surface area contributed by atoms with E-state index in [-0.39, 0.29) is 6.04 Å². The minimum atomic E-state index is 0.206. The van der Waals surface area contributed by atoms with Crippen molar-refractivity contribution in [1.29, 1.82) is 0 Å². The summed E-state index contributed by atoms with van der Waals surface area (Å²) < 4.78 is 6.27. The van der Waals surface area contributed by atoms with E-state index in [1.807, 2.05) is 6.07 Å². The molecular weight excluding hydrogens is 292 g/mol. The number of nitrogens with two attached hydrogens (primary N) is 1. The van der Waals surface area contributed by atoms with Gasteiger partial charge in [0.25, 0.3) is 0 Å². The van der Waals surface area contributed by atoms with E-state index in [4.69, 9.17) is 10.5 Å². The molecule has 18 heavy (non-hydrogen) atoms. The van der Waals surface area contributed by atoms with Crippen LogP contribution in [0.5, 0.6) is 5.75 Å². The first-order chi connectivity index (χ1) is 8.63. The second-order valence-corrected chi connectivity index (χ2v) is 5.83. The molecule has 0 bridgehead atoms. The number of likely N-dealkylation sites (tertiary alicyclic amines) is 1. The van der Waals surface area contributed by atoms with Crippen LogP contribution in [0, 0.1) is 0 Å². The van der Waals surface area contributed by atoms with Gasteiger partial charge in [0.05, 0.1) is 11.6 Å². The average molecular weight is 313 g/mol. The molecule has 1 heterocycles. The standard InChI is InChI=1S/C14H21BrN2O/c1-17-8-4-3-5-12(16)14(17)10-6-7-13(18-2)11(15)9-10/h6-7,9,12,14H,3-5,8,16H2,1-2H3. The van der Waals surface area contributed by atoms with E-state index in [9.17, 15) is 0 Å². The van der Waals surface area contributed by atoms with Crippen molar-refractivity contribution in [3.05, 3.63) is 28.2 Å². The van der Waals surface area contributed by atoms with Crippen molar-refractivity contribution < 1.29 is 4.74 Å². The first-order valence-electron chi connectivity index (χ1n) is 6.42. The van der Waals surface area contributed by atoms with Crippen molar-refractivity contribution in [2.24, 2.45) is 5.73 Å². The second kappa shape index (κ2) is 6.04. The van der Waals surface area contributed by atoms with Crippen molar-refractivity contribution in [2.75, 3.05) is 20.7 Å². The molecule has 0 amide bonds. The molecule has 2 unspecified atom stereocenters. The molecule has 0 aromatic heterocycles. The molecule has 1 aromatic carbocycles. The molecule has 0 spiro atoms. The normalized spacial score (nSPS) is 25.8. The van der Waals surface area contributed by atoms with Gasteiger partial charge in [-0.25, -0.2) is 0 Å². The molecule has 0 saturated carbocycles. The number of hydrogen-bond donors (Lipinski definition) is 1. The summed E-state index contributed by atoms with van der Waals surface area (Å²) in [7, 11) is 3.84. The van der Waals surface area contributed by atoms with Gasteiger partial charge in [-0.15, -0.1) is 0 Å². The van der Waals surface area contributed by atoms with Crippen LogP contribution in [0.3, 0.4) is 0 Å². The maximum absolute atomic E-state index is 6.33. The first kappa shape index (κ1) is 13.8. The highest BCUT2D eigenvalue weighted by Crippen LogP contribution is 2.33. The molecule has 1 fully saturated rings. The Labute approximate surface area is 117 Å². The summed E-state index contributed by atoms with van der Waals surface area (Å²) in [6.07, 6.45) is 3.55. The van der Waals surface area contributed by atoms with Crippen molar-refractivity contribution in [3.63, 3.8) is 0 Å². The summed E-state index contributed by atoms with van der Waals surface area (Å²) in [5.41, 5.74) is 7.60. The van der Waals surface area contributed by atoms with Crippen LogP contribution in [0.15, 0.2) is 22.7 Å². The van der Waals surface area contributed by atoms with E-state index in [0.29, 0.717) is 6.04 Å². The average Bonchev–Trinajstić information content (AvgIpc) is 2.50. The molecule has 100 valence electrons. The predicted molar refractivity (Wildman–Crippen MR) is 77.9 cm³/mol. The Morgan fingerprint density at radius 2 is 2.17 bits per heavy atom. The molecule has 0 aliphatic carbocycles. The van der Waals surface area contributed by atoms with Gasteiger partial charge in [0.1, 0.15) is 5.75 Å². The number of likely N-dealkylation sites (N-methyl/N-ethyl adjacent to an activating group) is 1. The Balaban J connectivity index is 2.30. The topological polar surface area (TPSA) is 38.5 Å². The highest BCUT2D eigenvalue weighted by molar-refractivity contribution is 9.10. The number of ether oxygens (including phenoxy) is 1. The summed E-state index contributed by atoms with van der Waals surface area (Å²) in [5, 5.41) is 0. The smallest absolute Gasteiger partial charge is 0.133 e. The highest BCUT2D eigenvalue weighted by atomic mass is 79.9. The molecule has 4 heteroatoms. The Kier molecular flexibility index (Phi) is 4.65. The fraction of sp³-hybridized carbons (Fsp3) is 0.571. The number of nitrogens with zero attached hydrogens (tertiary/aromatic N) is 1. The molecule has 2 atom stereocenters. The fourth-order valence-electron chi connectivity index (χ4n) is 2.73. The summed E-state index contributed by atoms with van der Waals surface area (Å²) in [5.74, 6) is 0.864. The van der Waals surface area contributed by atoms with Gasteiger partial charge in [0.15, 0.2) is 0 Å². The quantitative estimate of drug-likeness (QED) is 0.912. The van der Waals surface area contributed by atoms with E-state index < -0.39 is 0 Å². The minimum absolute atomic E-state index is 0.206. The van der Waals surface area contributed by atoms with Crippen molar-refractivity contribution in [3.8, 4) is 5.75 Å². The number of hydrogen-bond acceptors (Lipinski definition) is 3. The Morgan fingerprint density at radius 3 is 2.83 bits per heavy atom. The van der Waals surface area contributed by atoms with Crippen LogP contribution in [-0.4, -0.2) is 31.6 Å². The first-order valence-corrected chi connectivity index (χ1v) is 7.22. The summed E-state index contributed by atoms with van der Waals surface area (Å²) in [4.78, 5) is 2.37. The van der Waals surface area contributed by atoms with E-state index >= 15 is 0 Å². The molecule has 1 aliphatic rings. The third-order valence-corrected chi connectivity index (χ3v) is 4.32. The predicted octanol–water partition coefficient (Wildman–Crippen LogP) is 2.94. The highest BCUT2D eigenvalue weighted by Gasteiger charge is 2.26. The van der Waals surface area contributed by atoms with Gasteiger partial charge in [-0.1, -0.05) is 12.5 Å². The Morgan fingerprint density at radius 1 is 1.39 bits per heavy atom. The van der Waals surface area contributed by atoms with E-state index in [1.165, 1.54) is 18.4 Å². The lowest BCUT2D eigenvalue weighted by Crippen LogP contribution is -2.37. The van der Waals surface area contributed by atoms with Crippen LogP contribution in [0.25, 0.3) is 0 Å². The van der Waals surface area contributed by atoms with Crippen LogP contribution in [-0.2, 0) is 0 Å². The number of benzene rings is 1. The third kappa shape index (κ3) is 2.87. The summed E-state index contributed by atoms with van der Waals surface area (Å²) in [6, 6.07) is 6.76. The van der Waals surface area contributed by atoms with Crippen LogP contribution in [0.1, 0.15) is 30.9 Å². The molecule has 0 radical (unpaired) electrons. The Hall–Kier alpha value is -0.580. The second-order valence-electron chi connectivity index (χ2n) is 4.98. The van der Waals surface area contributed by atoms with Gasteiger partial charge in [-0.05, 0) is 60.1 Å². The maximum Gasteiger partial charge on any atom is 0.133 e. The van der Waals surface area contributed by atoms with Crippen molar-refractivity contribution in [1.82, 2.24) is 4.90 Å². The molecule has 2 N–H and O–H groups in total. The lowest BCUT2D eigenvalue weighted by atomic mass is 9.96.